The minimum Gasteiger partial charge on any atom is -0.374 e. The first-order chi connectivity index (χ1) is 12.1. The Hall–Kier alpha value is -2.73. The van der Waals surface area contributed by atoms with Crippen molar-refractivity contribution < 1.29 is 0 Å². The third kappa shape index (κ3) is 3.13. The molecule has 0 bridgehead atoms. The molecule has 126 valence electrons. The van der Waals surface area contributed by atoms with E-state index in [0.29, 0.717) is 5.13 Å². The molecule has 6 heteroatoms. The van der Waals surface area contributed by atoms with Crippen LogP contribution in [-0.4, -0.2) is 20.0 Å². The Morgan fingerprint density at radius 3 is 2.56 bits per heavy atom. The van der Waals surface area contributed by atoms with Crippen molar-refractivity contribution in [2.75, 3.05) is 5.73 Å². The summed E-state index contributed by atoms with van der Waals surface area (Å²) in [5, 5.41) is 15.2. The first kappa shape index (κ1) is 15.8. The molecular weight excluding hydrogens is 330 g/mol. The van der Waals surface area contributed by atoms with E-state index in [4.69, 9.17) is 10.8 Å². The van der Waals surface area contributed by atoms with Gasteiger partial charge in [0.1, 0.15) is 5.01 Å². The van der Waals surface area contributed by atoms with Crippen molar-refractivity contribution in [3.63, 3.8) is 0 Å². The highest BCUT2D eigenvalue weighted by Crippen LogP contribution is 2.25. The minimum absolute atomic E-state index is 0.496. The maximum absolute atomic E-state index is 5.65. The van der Waals surface area contributed by atoms with Crippen LogP contribution < -0.4 is 5.73 Å². The second-order valence-electron chi connectivity index (χ2n) is 6.22. The summed E-state index contributed by atoms with van der Waals surface area (Å²) in [6, 6.07) is 14.9. The van der Waals surface area contributed by atoms with E-state index in [2.05, 4.69) is 71.2 Å². The molecule has 0 saturated heterocycles. The number of fused-ring (bicyclic) bond motifs is 1. The van der Waals surface area contributed by atoms with Crippen LogP contribution in [0.25, 0.3) is 21.5 Å². The molecule has 2 aromatic carbocycles. The van der Waals surface area contributed by atoms with Gasteiger partial charge in [0.05, 0.1) is 11.2 Å². The molecule has 5 nitrogen and oxygen atoms in total. The summed E-state index contributed by atoms with van der Waals surface area (Å²) in [5.74, 6) is 0. The van der Waals surface area contributed by atoms with E-state index in [1.807, 2.05) is 0 Å². The fraction of sp³-hybridized carbons (Fsp3) is 0.211. The lowest BCUT2D eigenvalue weighted by Gasteiger charge is -2.05. The van der Waals surface area contributed by atoms with Crippen LogP contribution in [0.4, 0.5) is 5.13 Å². The first-order valence-electron chi connectivity index (χ1n) is 8.22. The molecule has 0 aliphatic heterocycles. The van der Waals surface area contributed by atoms with Gasteiger partial charge in [-0.15, -0.1) is 10.2 Å². The molecule has 0 radical (unpaired) electrons. The average Bonchev–Trinajstić information content (AvgIpc) is 3.17. The van der Waals surface area contributed by atoms with E-state index >= 15 is 0 Å². The lowest BCUT2D eigenvalue weighted by molar-refractivity contribution is 0.630. The Balaban J connectivity index is 1.53. The third-order valence-corrected chi connectivity index (χ3v) is 5.15. The van der Waals surface area contributed by atoms with Gasteiger partial charge in [-0.1, -0.05) is 47.7 Å². The lowest BCUT2D eigenvalue weighted by atomic mass is 10.1. The van der Waals surface area contributed by atoms with Gasteiger partial charge in [-0.3, -0.25) is 4.68 Å². The number of aromatic nitrogens is 4. The Labute approximate surface area is 150 Å². The number of nitrogens with two attached hydrogens (primary N) is 1. The molecule has 0 amide bonds. The average molecular weight is 349 g/mol. The van der Waals surface area contributed by atoms with E-state index in [1.165, 1.54) is 33.4 Å². The van der Waals surface area contributed by atoms with Crippen molar-refractivity contribution in [2.45, 2.75) is 26.8 Å². The molecule has 0 spiro atoms. The molecule has 0 unspecified atom stereocenters. The molecule has 25 heavy (non-hydrogen) atoms. The van der Waals surface area contributed by atoms with Crippen LogP contribution in [0.3, 0.4) is 0 Å². The first-order valence-corrected chi connectivity index (χ1v) is 9.04. The normalized spacial score (nSPS) is 11.3. The second-order valence-corrected chi connectivity index (χ2v) is 7.23. The predicted molar refractivity (Wildman–Crippen MR) is 103 cm³/mol. The maximum Gasteiger partial charge on any atom is 0.203 e. The van der Waals surface area contributed by atoms with Crippen molar-refractivity contribution in [3.05, 3.63) is 59.3 Å². The highest BCUT2D eigenvalue weighted by Gasteiger charge is 2.08. The fourth-order valence-corrected chi connectivity index (χ4v) is 3.64. The second kappa shape index (κ2) is 6.29. The number of nitrogen functional groups attached to an aromatic ring is 1. The number of hydrogen-bond acceptors (Lipinski definition) is 5. The van der Waals surface area contributed by atoms with E-state index in [0.717, 1.165) is 29.2 Å². The molecule has 2 heterocycles. The number of aryl methyl sites for hydroxylation is 4. The van der Waals surface area contributed by atoms with Gasteiger partial charge < -0.3 is 5.73 Å². The molecular formula is C19H19N5S. The smallest absolute Gasteiger partial charge is 0.203 e. The monoisotopic (exact) mass is 349 g/mol. The van der Waals surface area contributed by atoms with Gasteiger partial charge in [-0.25, -0.2) is 0 Å². The van der Waals surface area contributed by atoms with E-state index < -0.39 is 0 Å². The Kier molecular flexibility index (Phi) is 3.97. The summed E-state index contributed by atoms with van der Waals surface area (Å²) in [6.07, 6.45) is 0.933. The van der Waals surface area contributed by atoms with Gasteiger partial charge in [0.2, 0.25) is 5.13 Å². The van der Waals surface area contributed by atoms with Crippen LogP contribution in [0.1, 0.15) is 16.8 Å². The number of anilines is 1. The molecule has 4 aromatic rings. The van der Waals surface area contributed by atoms with Crippen LogP contribution in [0.5, 0.6) is 0 Å². The van der Waals surface area contributed by atoms with E-state index in [-0.39, 0.29) is 0 Å². The predicted octanol–water partition coefficient (Wildman–Crippen LogP) is 4.00. The number of hydrogen-bond donors (Lipinski definition) is 1. The largest absolute Gasteiger partial charge is 0.374 e. The molecule has 0 aliphatic rings. The molecule has 0 atom stereocenters. The number of nitrogens with zero attached hydrogens (tertiary/aromatic N) is 4. The molecule has 0 fully saturated rings. The zero-order chi connectivity index (χ0) is 17.4. The highest BCUT2D eigenvalue weighted by molar-refractivity contribution is 7.18. The lowest BCUT2D eigenvalue weighted by Crippen LogP contribution is -2.03. The van der Waals surface area contributed by atoms with E-state index in [9.17, 15) is 0 Å². The molecule has 0 aliphatic carbocycles. The molecule has 0 saturated carbocycles. The van der Waals surface area contributed by atoms with Crippen molar-refractivity contribution in [3.8, 4) is 10.6 Å². The van der Waals surface area contributed by atoms with Crippen molar-refractivity contribution >= 4 is 27.4 Å². The van der Waals surface area contributed by atoms with Crippen LogP contribution >= 0.6 is 11.3 Å². The summed E-state index contributed by atoms with van der Waals surface area (Å²) in [4.78, 5) is 0. The van der Waals surface area contributed by atoms with Crippen molar-refractivity contribution in [1.29, 1.82) is 0 Å². The van der Waals surface area contributed by atoms with Gasteiger partial charge in [0.15, 0.2) is 0 Å². The Bertz CT molecular complexity index is 1030. The summed E-state index contributed by atoms with van der Waals surface area (Å²) < 4.78 is 2.11. The number of rotatable bonds is 4. The highest BCUT2D eigenvalue weighted by atomic mass is 32.1. The zero-order valence-corrected chi connectivity index (χ0v) is 15.0. The van der Waals surface area contributed by atoms with Gasteiger partial charge in [-0.05, 0) is 37.5 Å². The van der Waals surface area contributed by atoms with Crippen LogP contribution in [0.2, 0.25) is 0 Å². The van der Waals surface area contributed by atoms with Crippen LogP contribution in [0, 0.1) is 13.8 Å². The van der Waals surface area contributed by atoms with Crippen LogP contribution in [0.15, 0.2) is 42.5 Å². The van der Waals surface area contributed by atoms with Gasteiger partial charge >= 0.3 is 0 Å². The summed E-state index contributed by atoms with van der Waals surface area (Å²) >= 11 is 1.40. The summed E-state index contributed by atoms with van der Waals surface area (Å²) in [7, 11) is 0. The van der Waals surface area contributed by atoms with E-state index in [1.54, 1.807) is 0 Å². The quantitative estimate of drug-likeness (QED) is 0.605. The van der Waals surface area contributed by atoms with Crippen molar-refractivity contribution in [1.82, 2.24) is 20.0 Å². The fourth-order valence-electron chi connectivity index (χ4n) is 3.02. The van der Waals surface area contributed by atoms with Crippen LogP contribution in [-0.2, 0) is 13.0 Å². The van der Waals surface area contributed by atoms with Crippen molar-refractivity contribution in [2.24, 2.45) is 0 Å². The number of benzene rings is 2. The SMILES string of the molecule is Cc1ccc2c(C)nn(CCc3ccc(-c4nnc(N)s4)cc3)c2c1. The standard InChI is InChI=1S/C19H19N5S/c1-12-3-8-16-13(2)23-24(17(16)11-12)10-9-14-4-6-15(7-5-14)18-21-22-19(20)25-18/h3-8,11H,9-10H2,1-2H3,(H2,20,22). The molecule has 4 rings (SSSR count). The Morgan fingerprint density at radius 1 is 1.04 bits per heavy atom. The minimum atomic E-state index is 0.496. The topological polar surface area (TPSA) is 69.6 Å². The zero-order valence-electron chi connectivity index (χ0n) is 14.2. The van der Waals surface area contributed by atoms with Gasteiger partial charge in [-0.2, -0.15) is 5.10 Å². The summed E-state index contributed by atoms with van der Waals surface area (Å²) in [6.45, 7) is 5.04. The Morgan fingerprint density at radius 2 is 1.84 bits per heavy atom. The summed E-state index contributed by atoms with van der Waals surface area (Å²) in [5.41, 5.74) is 11.5. The molecule has 2 N–H and O–H groups in total. The molecule has 2 aromatic heterocycles. The third-order valence-electron chi connectivity index (χ3n) is 4.35. The van der Waals surface area contributed by atoms with Gasteiger partial charge in [0.25, 0.3) is 0 Å². The maximum atomic E-state index is 5.65. The van der Waals surface area contributed by atoms with Gasteiger partial charge in [0, 0.05) is 17.5 Å².